The van der Waals surface area contributed by atoms with Gasteiger partial charge in [0.1, 0.15) is 12.0 Å². The number of hydrogen-bond acceptors (Lipinski definition) is 4. The van der Waals surface area contributed by atoms with Crippen molar-refractivity contribution in [2.24, 2.45) is 5.92 Å². The monoisotopic (exact) mass is 290 g/mol. The van der Waals surface area contributed by atoms with Gasteiger partial charge in [0.25, 0.3) is 0 Å². The van der Waals surface area contributed by atoms with Crippen LogP contribution < -0.4 is 10.1 Å². The van der Waals surface area contributed by atoms with E-state index in [2.05, 4.69) is 10.2 Å². The second-order valence-corrected chi connectivity index (χ2v) is 5.31. The third-order valence-electron chi connectivity index (χ3n) is 3.86. The standard InChI is InChI=1S/C16H22N2O3/c1-21-15-5-3-2-4-14(15)17-16(20)8-11-18-9-6-13(12-19)7-10-18/h2-5,12-13H,6-11H2,1H3,(H,17,20). The zero-order chi connectivity index (χ0) is 15.1. The van der Waals surface area contributed by atoms with Crippen LogP contribution in [0.4, 0.5) is 5.69 Å². The minimum Gasteiger partial charge on any atom is -0.495 e. The number of para-hydroxylation sites is 2. The summed E-state index contributed by atoms with van der Waals surface area (Å²) in [6.07, 6.45) is 3.30. The molecule has 21 heavy (non-hydrogen) atoms. The molecular weight excluding hydrogens is 268 g/mol. The molecule has 1 amide bonds. The summed E-state index contributed by atoms with van der Waals surface area (Å²) in [5, 5.41) is 2.87. The van der Waals surface area contributed by atoms with Crippen molar-refractivity contribution in [1.29, 1.82) is 0 Å². The van der Waals surface area contributed by atoms with E-state index < -0.39 is 0 Å². The minimum atomic E-state index is -0.0167. The van der Waals surface area contributed by atoms with Crippen LogP contribution in [0.1, 0.15) is 19.3 Å². The number of rotatable bonds is 6. The maximum atomic E-state index is 12.0. The van der Waals surface area contributed by atoms with Crippen molar-refractivity contribution in [2.45, 2.75) is 19.3 Å². The summed E-state index contributed by atoms with van der Waals surface area (Å²) in [5.41, 5.74) is 0.699. The lowest BCUT2D eigenvalue weighted by atomic mass is 9.98. The lowest BCUT2D eigenvalue weighted by molar-refractivity contribution is -0.117. The Kier molecular flexibility index (Phi) is 5.75. The SMILES string of the molecule is COc1ccccc1NC(=O)CCN1CCC(C=O)CC1. The molecule has 0 aliphatic carbocycles. The molecule has 0 unspecified atom stereocenters. The van der Waals surface area contributed by atoms with Crippen LogP contribution in [-0.4, -0.2) is 43.8 Å². The molecule has 0 bridgehead atoms. The molecule has 1 aromatic rings. The van der Waals surface area contributed by atoms with Crippen LogP contribution >= 0.6 is 0 Å². The molecule has 0 aromatic heterocycles. The number of ether oxygens (including phenoxy) is 1. The normalized spacial score (nSPS) is 16.4. The Morgan fingerprint density at radius 3 is 2.76 bits per heavy atom. The number of likely N-dealkylation sites (tertiary alicyclic amines) is 1. The fraction of sp³-hybridized carbons (Fsp3) is 0.500. The molecule has 1 aromatic carbocycles. The molecule has 0 atom stereocenters. The maximum Gasteiger partial charge on any atom is 0.225 e. The first kappa shape index (κ1) is 15.5. The minimum absolute atomic E-state index is 0.0167. The number of nitrogens with zero attached hydrogens (tertiary/aromatic N) is 1. The van der Waals surface area contributed by atoms with Crippen molar-refractivity contribution in [2.75, 3.05) is 32.1 Å². The highest BCUT2D eigenvalue weighted by molar-refractivity contribution is 5.92. The van der Waals surface area contributed by atoms with Crippen LogP contribution in [0.25, 0.3) is 0 Å². The van der Waals surface area contributed by atoms with Gasteiger partial charge in [-0.25, -0.2) is 0 Å². The molecular formula is C16H22N2O3. The summed E-state index contributed by atoms with van der Waals surface area (Å²) in [4.78, 5) is 24.9. The largest absolute Gasteiger partial charge is 0.495 e. The van der Waals surface area contributed by atoms with Gasteiger partial charge < -0.3 is 19.7 Å². The Bertz CT molecular complexity index is 482. The van der Waals surface area contributed by atoms with Gasteiger partial charge in [-0.1, -0.05) is 12.1 Å². The van der Waals surface area contributed by atoms with Gasteiger partial charge in [0, 0.05) is 18.9 Å². The van der Waals surface area contributed by atoms with Gasteiger partial charge in [0.05, 0.1) is 12.8 Å². The Hall–Kier alpha value is -1.88. The van der Waals surface area contributed by atoms with E-state index in [9.17, 15) is 9.59 Å². The topological polar surface area (TPSA) is 58.6 Å². The highest BCUT2D eigenvalue weighted by Gasteiger charge is 2.19. The first-order chi connectivity index (χ1) is 10.2. The van der Waals surface area contributed by atoms with Crippen LogP contribution in [0.3, 0.4) is 0 Å². The predicted octanol–water partition coefficient (Wildman–Crippen LogP) is 1.93. The van der Waals surface area contributed by atoms with Crippen molar-refractivity contribution in [1.82, 2.24) is 4.90 Å². The third kappa shape index (κ3) is 4.56. The molecule has 0 radical (unpaired) electrons. The van der Waals surface area contributed by atoms with Crippen molar-refractivity contribution in [3.05, 3.63) is 24.3 Å². The van der Waals surface area contributed by atoms with E-state index in [-0.39, 0.29) is 11.8 Å². The summed E-state index contributed by atoms with van der Waals surface area (Å²) in [6.45, 7) is 2.52. The van der Waals surface area contributed by atoms with E-state index >= 15 is 0 Å². The summed E-state index contributed by atoms with van der Waals surface area (Å²) in [7, 11) is 1.59. The molecule has 1 fully saturated rings. The first-order valence-corrected chi connectivity index (χ1v) is 7.33. The number of piperidine rings is 1. The van der Waals surface area contributed by atoms with Crippen molar-refractivity contribution in [3.8, 4) is 5.75 Å². The van der Waals surface area contributed by atoms with Crippen LogP contribution in [0.5, 0.6) is 5.75 Å². The van der Waals surface area contributed by atoms with Crippen LogP contribution in [0.2, 0.25) is 0 Å². The van der Waals surface area contributed by atoms with Gasteiger partial charge in [-0.15, -0.1) is 0 Å². The zero-order valence-corrected chi connectivity index (χ0v) is 12.4. The Labute approximate surface area is 125 Å². The van der Waals surface area contributed by atoms with Gasteiger partial charge >= 0.3 is 0 Å². The van der Waals surface area contributed by atoms with Gasteiger partial charge in [-0.2, -0.15) is 0 Å². The zero-order valence-electron chi connectivity index (χ0n) is 12.4. The number of anilines is 1. The number of carbonyl (C=O) groups is 2. The van der Waals surface area contributed by atoms with Gasteiger partial charge in [0.15, 0.2) is 0 Å². The van der Waals surface area contributed by atoms with E-state index in [0.717, 1.165) is 38.8 Å². The summed E-state index contributed by atoms with van der Waals surface area (Å²) in [6, 6.07) is 7.38. The summed E-state index contributed by atoms with van der Waals surface area (Å²) in [5.74, 6) is 0.846. The molecule has 5 heteroatoms. The fourth-order valence-corrected chi connectivity index (χ4v) is 2.53. The molecule has 1 saturated heterocycles. The molecule has 5 nitrogen and oxygen atoms in total. The number of nitrogens with one attached hydrogen (secondary N) is 1. The van der Waals surface area contributed by atoms with Crippen molar-refractivity contribution >= 4 is 17.9 Å². The molecule has 1 aliphatic heterocycles. The molecule has 0 spiro atoms. The molecule has 1 aliphatic rings. The Balaban J connectivity index is 1.76. The third-order valence-corrected chi connectivity index (χ3v) is 3.86. The number of hydrogen-bond donors (Lipinski definition) is 1. The first-order valence-electron chi connectivity index (χ1n) is 7.33. The number of methoxy groups -OCH3 is 1. The summed E-state index contributed by atoms with van der Waals surface area (Å²) < 4.78 is 5.21. The molecule has 2 rings (SSSR count). The van der Waals surface area contributed by atoms with Gasteiger partial charge in [0.2, 0.25) is 5.91 Å². The van der Waals surface area contributed by atoms with E-state index in [4.69, 9.17) is 4.74 Å². The Morgan fingerprint density at radius 1 is 1.38 bits per heavy atom. The smallest absolute Gasteiger partial charge is 0.225 e. The lowest BCUT2D eigenvalue weighted by Crippen LogP contribution is -2.36. The molecule has 1 heterocycles. The van der Waals surface area contributed by atoms with Gasteiger partial charge in [-0.3, -0.25) is 4.79 Å². The highest BCUT2D eigenvalue weighted by atomic mass is 16.5. The second-order valence-electron chi connectivity index (χ2n) is 5.31. The van der Waals surface area contributed by atoms with E-state index in [1.807, 2.05) is 24.3 Å². The average molecular weight is 290 g/mol. The van der Waals surface area contributed by atoms with Crippen molar-refractivity contribution in [3.63, 3.8) is 0 Å². The van der Waals surface area contributed by atoms with E-state index in [1.165, 1.54) is 0 Å². The van der Waals surface area contributed by atoms with Crippen LogP contribution in [0.15, 0.2) is 24.3 Å². The summed E-state index contributed by atoms with van der Waals surface area (Å²) >= 11 is 0. The fourth-order valence-electron chi connectivity index (χ4n) is 2.53. The number of benzene rings is 1. The number of aldehydes is 1. The van der Waals surface area contributed by atoms with Gasteiger partial charge in [-0.05, 0) is 38.1 Å². The lowest BCUT2D eigenvalue weighted by Gasteiger charge is -2.29. The molecule has 114 valence electrons. The average Bonchev–Trinajstić information content (AvgIpc) is 2.54. The number of amides is 1. The quantitative estimate of drug-likeness (QED) is 0.813. The second kappa shape index (κ2) is 7.78. The van der Waals surface area contributed by atoms with Crippen LogP contribution in [0, 0.1) is 5.92 Å². The number of carbonyl (C=O) groups excluding carboxylic acids is 2. The molecule has 0 saturated carbocycles. The maximum absolute atomic E-state index is 12.0. The van der Waals surface area contributed by atoms with Crippen LogP contribution in [-0.2, 0) is 9.59 Å². The highest BCUT2D eigenvalue weighted by Crippen LogP contribution is 2.23. The van der Waals surface area contributed by atoms with E-state index in [0.29, 0.717) is 17.9 Å². The van der Waals surface area contributed by atoms with E-state index in [1.54, 1.807) is 7.11 Å². The predicted molar refractivity (Wildman–Crippen MR) is 81.5 cm³/mol. The van der Waals surface area contributed by atoms with Crippen molar-refractivity contribution < 1.29 is 14.3 Å². The molecule has 1 N–H and O–H groups in total. The Morgan fingerprint density at radius 2 is 2.10 bits per heavy atom.